The summed E-state index contributed by atoms with van der Waals surface area (Å²) in [6.07, 6.45) is 4.11. The molecule has 0 fully saturated rings. The van der Waals surface area contributed by atoms with E-state index in [1.807, 2.05) is 0 Å². The molecule has 0 aliphatic heterocycles. The van der Waals surface area contributed by atoms with Crippen LogP contribution in [0, 0.1) is 0 Å². The molecular formula is C7H10BrN3O. The molecule has 0 atom stereocenters. The predicted molar refractivity (Wildman–Crippen MR) is 48.9 cm³/mol. The van der Waals surface area contributed by atoms with Gasteiger partial charge in [0.2, 0.25) is 0 Å². The number of rotatable bonds is 4. The second kappa shape index (κ2) is 5.05. The van der Waals surface area contributed by atoms with Crippen molar-refractivity contribution < 1.29 is 4.74 Å². The molecule has 5 heteroatoms. The molecule has 1 aromatic heterocycles. The van der Waals surface area contributed by atoms with Crippen LogP contribution in [0.4, 0.5) is 0 Å². The van der Waals surface area contributed by atoms with Crippen molar-refractivity contribution in [3.05, 3.63) is 16.9 Å². The van der Waals surface area contributed by atoms with E-state index in [0.717, 1.165) is 10.9 Å². The van der Waals surface area contributed by atoms with E-state index in [-0.39, 0.29) is 0 Å². The van der Waals surface area contributed by atoms with Crippen molar-refractivity contribution in [1.29, 1.82) is 0 Å². The van der Waals surface area contributed by atoms with Crippen molar-refractivity contribution in [1.82, 2.24) is 9.97 Å². The van der Waals surface area contributed by atoms with E-state index in [2.05, 4.69) is 25.9 Å². The van der Waals surface area contributed by atoms with Gasteiger partial charge in [0.05, 0.1) is 11.1 Å². The molecule has 0 aromatic carbocycles. The zero-order valence-corrected chi connectivity index (χ0v) is 8.12. The van der Waals surface area contributed by atoms with Crippen LogP contribution in [0.1, 0.15) is 6.42 Å². The average molecular weight is 232 g/mol. The minimum Gasteiger partial charge on any atom is -0.463 e. The normalized spacial score (nSPS) is 9.83. The van der Waals surface area contributed by atoms with Gasteiger partial charge in [-0.15, -0.1) is 0 Å². The highest BCUT2D eigenvalue weighted by Gasteiger charge is 1.95. The summed E-state index contributed by atoms with van der Waals surface area (Å²) in [6.45, 7) is 1.19. The Labute approximate surface area is 79.3 Å². The summed E-state index contributed by atoms with van der Waals surface area (Å²) < 4.78 is 6.02. The van der Waals surface area contributed by atoms with E-state index < -0.39 is 0 Å². The lowest BCUT2D eigenvalue weighted by Crippen LogP contribution is -2.07. The lowest BCUT2D eigenvalue weighted by atomic mass is 10.5. The van der Waals surface area contributed by atoms with Gasteiger partial charge in [0, 0.05) is 12.4 Å². The van der Waals surface area contributed by atoms with Gasteiger partial charge in [-0.1, -0.05) is 0 Å². The van der Waals surface area contributed by atoms with Crippen molar-refractivity contribution in [3.63, 3.8) is 0 Å². The van der Waals surface area contributed by atoms with E-state index in [1.165, 1.54) is 0 Å². The molecule has 0 unspecified atom stereocenters. The zero-order chi connectivity index (χ0) is 8.81. The molecule has 1 aromatic rings. The standard InChI is InChI=1S/C7H10BrN3O/c8-6-4-10-7(11-5-6)12-3-1-2-9/h4-5H,1-3,9H2. The monoisotopic (exact) mass is 231 g/mol. The number of hydrogen-bond donors (Lipinski definition) is 1. The first-order chi connectivity index (χ1) is 5.83. The highest BCUT2D eigenvalue weighted by atomic mass is 79.9. The molecule has 0 radical (unpaired) electrons. The highest BCUT2D eigenvalue weighted by molar-refractivity contribution is 9.10. The van der Waals surface area contributed by atoms with Gasteiger partial charge in [-0.3, -0.25) is 0 Å². The summed E-state index contributed by atoms with van der Waals surface area (Å²) in [5.74, 6) is 0. The van der Waals surface area contributed by atoms with Gasteiger partial charge in [-0.05, 0) is 28.9 Å². The van der Waals surface area contributed by atoms with Crippen LogP contribution in [0.25, 0.3) is 0 Å². The van der Waals surface area contributed by atoms with Gasteiger partial charge in [0.15, 0.2) is 0 Å². The zero-order valence-electron chi connectivity index (χ0n) is 6.53. The first-order valence-corrected chi connectivity index (χ1v) is 4.42. The molecule has 0 saturated carbocycles. The summed E-state index contributed by atoms with van der Waals surface area (Å²) in [5, 5.41) is 0. The van der Waals surface area contributed by atoms with Crippen LogP contribution < -0.4 is 10.5 Å². The summed E-state index contributed by atoms with van der Waals surface area (Å²) >= 11 is 3.23. The Bertz CT molecular complexity index is 227. The van der Waals surface area contributed by atoms with Crippen molar-refractivity contribution in [2.24, 2.45) is 5.73 Å². The van der Waals surface area contributed by atoms with Gasteiger partial charge in [0.25, 0.3) is 0 Å². The molecule has 66 valence electrons. The van der Waals surface area contributed by atoms with Gasteiger partial charge >= 0.3 is 6.01 Å². The van der Waals surface area contributed by atoms with E-state index in [4.69, 9.17) is 10.5 Å². The molecule has 12 heavy (non-hydrogen) atoms. The fraction of sp³-hybridized carbons (Fsp3) is 0.429. The maximum Gasteiger partial charge on any atom is 0.316 e. The fourth-order valence-electron chi connectivity index (χ4n) is 0.622. The largest absolute Gasteiger partial charge is 0.463 e. The first kappa shape index (κ1) is 9.41. The summed E-state index contributed by atoms with van der Waals surface area (Å²) in [7, 11) is 0. The second-order valence-corrected chi connectivity index (χ2v) is 3.09. The van der Waals surface area contributed by atoms with Crippen LogP contribution in [0.2, 0.25) is 0 Å². The molecule has 1 heterocycles. The first-order valence-electron chi connectivity index (χ1n) is 3.63. The SMILES string of the molecule is NCCCOc1ncc(Br)cn1. The molecule has 0 amide bonds. The van der Waals surface area contributed by atoms with Gasteiger partial charge < -0.3 is 10.5 Å². The Morgan fingerprint density at radius 1 is 1.42 bits per heavy atom. The number of nitrogens with zero attached hydrogens (tertiary/aromatic N) is 2. The van der Waals surface area contributed by atoms with Crippen LogP contribution in [0.15, 0.2) is 16.9 Å². The number of nitrogens with two attached hydrogens (primary N) is 1. The van der Waals surface area contributed by atoms with Crippen molar-refractivity contribution >= 4 is 15.9 Å². The minimum absolute atomic E-state index is 0.395. The Balaban J connectivity index is 2.37. The highest BCUT2D eigenvalue weighted by Crippen LogP contribution is 2.07. The summed E-state index contributed by atoms with van der Waals surface area (Å²) in [6, 6.07) is 0.395. The van der Waals surface area contributed by atoms with Crippen molar-refractivity contribution in [2.75, 3.05) is 13.2 Å². The molecule has 0 saturated heterocycles. The van der Waals surface area contributed by atoms with Gasteiger partial charge in [-0.25, -0.2) is 9.97 Å². The van der Waals surface area contributed by atoms with E-state index >= 15 is 0 Å². The predicted octanol–water partition coefficient (Wildman–Crippen LogP) is 0.967. The number of halogens is 1. The maximum atomic E-state index is 5.29. The Morgan fingerprint density at radius 2 is 2.08 bits per heavy atom. The Morgan fingerprint density at radius 3 is 2.67 bits per heavy atom. The molecular weight excluding hydrogens is 222 g/mol. The molecule has 0 spiro atoms. The number of ether oxygens (including phenoxy) is 1. The van der Waals surface area contributed by atoms with E-state index in [0.29, 0.717) is 19.2 Å². The molecule has 4 nitrogen and oxygen atoms in total. The third-order valence-electron chi connectivity index (χ3n) is 1.18. The molecule has 1 rings (SSSR count). The van der Waals surface area contributed by atoms with Crippen LogP contribution in [-0.4, -0.2) is 23.1 Å². The summed E-state index contributed by atoms with van der Waals surface area (Å²) in [5.41, 5.74) is 5.29. The molecule has 0 aliphatic carbocycles. The third-order valence-corrected chi connectivity index (χ3v) is 1.59. The van der Waals surface area contributed by atoms with Crippen molar-refractivity contribution in [3.8, 4) is 6.01 Å². The van der Waals surface area contributed by atoms with Crippen LogP contribution in [0.3, 0.4) is 0 Å². The summed E-state index contributed by atoms with van der Waals surface area (Å²) in [4.78, 5) is 7.86. The topological polar surface area (TPSA) is 61.0 Å². The van der Waals surface area contributed by atoms with Gasteiger partial charge in [0.1, 0.15) is 0 Å². The Hall–Kier alpha value is -0.680. The van der Waals surface area contributed by atoms with Gasteiger partial charge in [-0.2, -0.15) is 0 Å². The maximum absolute atomic E-state index is 5.29. The quantitative estimate of drug-likeness (QED) is 0.785. The van der Waals surface area contributed by atoms with Crippen LogP contribution in [0.5, 0.6) is 6.01 Å². The van der Waals surface area contributed by atoms with Crippen molar-refractivity contribution in [2.45, 2.75) is 6.42 Å². The van der Waals surface area contributed by atoms with E-state index in [1.54, 1.807) is 12.4 Å². The van der Waals surface area contributed by atoms with E-state index in [9.17, 15) is 0 Å². The molecule has 2 N–H and O–H groups in total. The number of aromatic nitrogens is 2. The lowest BCUT2D eigenvalue weighted by Gasteiger charge is -2.01. The minimum atomic E-state index is 0.395. The third kappa shape index (κ3) is 3.15. The molecule has 0 aliphatic rings. The smallest absolute Gasteiger partial charge is 0.316 e. The van der Waals surface area contributed by atoms with Crippen LogP contribution in [-0.2, 0) is 0 Å². The second-order valence-electron chi connectivity index (χ2n) is 2.17. The fourth-order valence-corrected chi connectivity index (χ4v) is 0.827. The lowest BCUT2D eigenvalue weighted by molar-refractivity contribution is 0.288. The Kier molecular flexibility index (Phi) is 3.96. The van der Waals surface area contributed by atoms with Crippen LogP contribution >= 0.6 is 15.9 Å². The number of hydrogen-bond acceptors (Lipinski definition) is 4. The molecule has 0 bridgehead atoms. The average Bonchev–Trinajstić information content (AvgIpc) is 2.09.